The van der Waals surface area contributed by atoms with E-state index in [0.717, 1.165) is 18.7 Å². The van der Waals surface area contributed by atoms with Gasteiger partial charge in [0.25, 0.3) is 0 Å². The van der Waals surface area contributed by atoms with Crippen LogP contribution < -0.4 is 10.6 Å². The van der Waals surface area contributed by atoms with E-state index in [2.05, 4.69) is 15.7 Å². The summed E-state index contributed by atoms with van der Waals surface area (Å²) in [4.78, 5) is 12.2. The van der Waals surface area contributed by atoms with E-state index in [4.69, 9.17) is 23.2 Å². The van der Waals surface area contributed by atoms with Crippen LogP contribution in [0.2, 0.25) is 10.0 Å². The number of hydrogen-bond donors (Lipinski definition) is 2. The molecule has 0 saturated heterocycles. The van der Waals surface area contributed by atoms with Gasteiger partial charge in [-0.25, -0.2) is 4.68 Å². The molecule has 0 aliphatic heterocycles. The normalized spacial score (nSPS) is 14.9. The lowest BCUT2D eigenvalue weighted by atomic mass is 10.2. The molecule has 0 atom stereocenters. The van der Waals surface area contributed by atoms with E-state index in [1.165, 1.54) is 12.8 Å². The van der Waals surface area contributed by atoms with Crippen LogP contribution in [-0.4, -0.2) is 22.2 Å². The number of aromatic nitrogens is 2. The first-order valence-corrected chi connectivity index (χ1v) is 8.41. The summed E-state index contributed by atoms with van der Waals surface area (Å²) in [5.74, 6) is 0.585. The van der Waals surface area contributed by atoms with Gasteiger partial charge >= 0.3 is 0 Å². The summed E-state index contributed by atoms with van der Waals surface area (Å²) in [6.07, 6.45) is 6.37. The van der Waals surface area contributed by atoms with Crippen LogP contribution in [0.5, 0.6) is 0 Å². The van der Waals surface area contributed by atoms with Crippen molar-refractivity contribution in [1.82, 2.24) is 9.78 Å². The van der Waals surface area contributed by atoms with Crippen LogP contribution in [0.3, 0.4) is 0 Å². The largest absolute Gasteiger partial charge is 0.375 e. The van der Waals surface area contributed by atoms with Crippen molar-refractivity contribution >= 4 is 40.6 Å². The van der Waals surface area contributed by atoms with Crippen LogP contribution in [0, 0.1) is 0 Å². The fourth-order valence-electron chi connectivity index (χ4n) is 2.85. The number of amides is 1. The van der Waals surface area contributed by atoms with Crippen molar-refractivity contribution in [2.24, 2.45) is 0 Å². The van der Waals surface area contributed by atoms with Crippen molar-refractivity contribution in [2.75, 3.05) is 17.2 Å². The van der Waals surface area contributed by atoms with Gasteiger partial charge in [-0.3, -0.25) is 4.79 Å². The van der Waals surface area contributed by atoms with Crippen LogP contribution in [0.15, 0.2) is 30.5 Å². The molecule has 1 aromatic carbocycles. The molecule has 1 heterocycles. The summed E-state index contributed by atoms with van der Waals surface area (Å²) in [6.45, 7) is 0.107. The highest BCUT2D eigenvalue weighted by Crippen LogP contribution is 2.31. The molecule has 3 rings (SSSR count). The first kappa shape index (κ1) is 16.1. The smallest absolute Gasteiger partial charge is 0.244 e. The van der Waals surface area contributed by atoms with Crippen molar-refractivity contribution < 1.29 is 4.79 Å². The minimum absolute atomic E-state index is 0.107. The van der Waals surface area contributed by atoms with E-state index in [-0.39, 0.29) is 12.5 Å². The molecule has 0 spiro atoms. The van der Waals surface area contributed by atoms with Crippen molar-refractivity contribution in [2.45, 2.75) is 31.7 Å². The first-order valence-electron chi connectivity index (χ1n) is 7.66. The molecule has 23 heavy (non-hydrogen) atoms. The summed E-state index contributed by atoms with van der Waals surface area (Å²) in [5.41, 5.74) is 0.638. The second-order valence-corrected chi connectivity index (χ2v) is 6.47. The molecule has 0 unspecified atom stereocenters. The average Bonchev–Trinajstić information content (AvgIpc) is 3.19. The zero-order chi connectivity index (χ0) is 16.2. The molecule has 5 nitrogen and oxygen atoms in total. The Morgan fingerprint density at radius 2 is 2.04 bits per heavy atom. The van der Waals surface area contributed by atoms with Gasteiger partial charge in [-0.2, -0.15) is 5.10 Å². The Morgan fingerprint density at radius 1 is 1.26 bits per heavy atom. The zero-order valence-corrected chi connectivity index (χ0v) is 14.1. The van der Waals surface area contributed by atoms with E-state index in [1.807, 2.05) is 10.7 Å². The van der Waals surface area contributed by atoms with Crippen LogP contribution >= 0.6 is 23.2 Å². The van der Waals surface area contributed by atoms with Crippen LogP contribution in [0.4, 0.5) is 11.5 Å². The maximum Gasteiger partial charge on any atom is 0.244 e. The molecule has 1 amide bonds. The Morgan fingerprint density at radius 3 is 2.83 bits per heavy atom. The van der Waals surface area contributed by atoms with Crippen molar-refractivity contribution in [3.8, 4) is 0 Å². The molecular formula is C16H18Cl2N4O. The number of hydrogen-bond acceptors (Lipinski definition) is 3. The molecule has 1 fully saturated rings. The summed E-state index contributed by atoms with van der Waals surface area (Å²) >= 11 is 12.0. The van der Waals surface area contributed by atoms with Gasteiger partial charge in [-0.05, 0) is 31.0 Å². The van der Waals surface area contributed by atoms with Gasteiger partial charge in [0.15, 0.2) is 0 Å². The molecule has 2 aromatic rings. The minimum Gasteiger partial charge on any atom is -0.375 e. The Bertz CT molecular complexity index is 695. The van der Waals surface area contributed by atoms with E-state index < -0.39 is 0 Å². The monoisotopic (exact) mass is 352 g/mol. The fourth-order valence-corrected chi connectivity index (χ4v) is 3.21. The van der Waals surface area contributed by atoms with Gasteiger partial charge in [0, 0.05) is 11.1 Å². The van der Waals surface area contributed by atoms with Crippen molar-refractivity contribution in [1.29, 1.82) is 0 Å². The summed E-state index contributed by atoms with van der Waals surface area (Å²) in [5, 5.41) is 11.3. The van der Waals surface area contributed by atoms with Gasteiger partial charge < -0.3 is 10.6 Å². The third-order valence-corrected chi connectivity index (χ3v) is 4.54. The van der Waals surface area contributed by atoms with Gasteiger partial charge in [0.1, 0.15) is 5.82 Å². The maximum atomic E-state index is 12.2. The highest BCUT2D eigenvalue weighted by Gasteiger charge is 2.20. The quantitative estimate of drug-likeness (QED) is 0.840. The van der Waals surface area contributed by atoms with E-state index in [0.29, 0.717) is 21.8 Å². The number of carbonyl (C=O) groups is 1. The third kappa shape index (κ3) is 3.98. The summed E-state index contributed by atoms with van der Waals surface area (Å²) in [7, 11) is 0. The number of halogens is 2. The number of carbonyl (C=O) groups excluding carboxylic acids is 1. The standard InChI is InChI=1S/C16H18Cl2N4O/c17-11-5-6-13(18)14(9-11)19-10-16(23)21-15-7-8-20-22(15)12-3-1-2-4-12/h5-9,12,19H,1-4,10H2,(H,21,23). The molecule has 122 valence electrons. The average molecular weight is 353 g/mol. The molecule has 2 N–H and O–H groups in total. The lowest BCUT2D eigenvalue weighted by Gasteiger charge is -2.15. The fraction of sp³-hybridized carbons (Fsp3) is 0.375. The Balaban J connectivity index is 1.59. The zero-order valence-electron chi connectivity index (χ0n) is 12.6. The van der Waals surface area contributed by atoms with Crippen molar-refractivity contribution in [3.05, 3.63) is 40.5 Å². The van der Waals surface area contributed by atoms with Gasteiger partial charge in [-0.15, -0.1) is 0 Å². The van der Waals surface area contributed by atoms with E-state index in [9.17, 15) is 4.79 Å². The lowest BCUT2D eigenvalue weighted by Crippen LogP contribution is -2.24. The molecule has 7 heteroatoms. The summed E-state index contributed by atoms with van der Waals surface area (Å²) < 4.78 is 1.91. The van der Waals surface area contributed by atoms with E-state index >= 15 is 0 Å². The Kier molecular flexibility index (Phi) is 5.08. The number of anilines is 2. The second-order valence-electron chi connectivity index (χ2n) is 5.63. The number of nitrogens with one attached hydrogen (secondary N) is 2. The van der Waals surface area contributed by atoms with Crippen molar-refractivity contribution in [3.63, 3.8) is 0 Å². The lowest BCUT2D eigenvalue weighted by molar-refractivity contribution is -0.114. The predicted molar refractivity (Wildman–Crippen MR) is 93.3 cm³/mol. The maximum absolute atomic E-state index is 12.2. The molecule has 1 saturated carbocycles. The van der Waals surface area contributed by atoms with Crippen LogP contribution in [0.25, 0.3) is 0 Å². The Labute approximate surface area is 145 Å². The molecule has 0 radical (unpaired) electrons. The molecule has 0 bridgehead atoms. The van der Waals surface area contributed by atoms with Crippen LogP contribution in [-0.2, 0) is 4.79 Å². The Hall–Kier alpha value is -1.72. The molecular weight excluding hydrogens is 335 g/mol. The van der Waals surface area contributed by atoms with E-state index in [1.54, 1.807) is 24.4 Å². The number of benzene rings is 1. The van der Waals surface area contributed by atoms with Crippen LogP contribution in [0.1, 0.15) is 31.7 Å². The third-order valence-electron chi connectivity index (χ3n) is 3.98. The van der Waals surface area contributed by atoms with Gasteiger partial charge in [-0.1, -0.05) is 36.0 Å². The topological polar surface area (TPSA) is 59.0 Å². The molecule has 1 aromatic heterocycles. The highest BCUT2D eigenvalue weighted by molar-refractivity contribution is 6.35. The number of rotatable bonds is 5. The SMILES string of the molecule is O=C(CNc1cc(Cl)ccc1Cl)Nc1ccnn1C1CCCC1. The van der Waals surface area contributed by atoms with Gasteiger partial charge in [0.2, 0.25) is 5.91 Å². The summed E-state index contributed by atoms with van der Waals surface area (Å²) in [6, 6.07) is 7.30. The number of nitrogens with zero attached hydrogens (tertiary/aromatic N) is 2. The predicted octanol–water partition coefficient (Wildman–Crippen LogP) is 4.36. The first-order chi connectivity index (χ1) is 11.1. The minimum atomic E-state index is -0.152. The highest BCUT2D eigenvalue weighted by atomic mass is 35.5. The molecule has 1 aliphatic carbocycles. The molecule has 1 aliphatic rings. The van der Waals surface area contributed by atoms with Gasteiger partial charge in [0.05, 0.1) is 29.5 Å². The second kappa shape index (κ2) is 7.23.